The lowest BCUT2D eigenvalue weighted by molar-refractivity contribution is -0.138. The maximum Gasteiger partial charge on any atom is 0.416 e. The van der Waals surface area contributed by atoms with Crippen LogP contribution in [0.2, 0.25) is 0 Å². The number of nitrogens with zero attached hydrogens (tertiary/aromatic N) is 4. The van der Waals surface area contributed by atoms with Crippen molar-refractivity contribution >= 4 is 11.7 Å². The lowest BCUT2D eigenvalue weighted by atomic mass is 10.1. The number of hydrogen-bond acceptors (Lipinski definition) is 4. The molecule has 2 heterocycles. The third kappa shape index (κ3) is 5.70. The van der Waals surface area contributed by atoms with Crippen molar-refractivity contribution in [2.75, 3.05) is 31.1 Å². The number of piperazine rings is 1. The van der Waals surface area contributed by atoms with Gasteiger partial charge in [0.05, 0.1) is 11.1 Å². The van der Waals surface area contributed by atoms with E-state index in [0.717, 1.165) is 29.8 Å². The minimum absolute atomic E-state index is 0.0278. The lowest BCUT2D eigenvalue weighted by Gasteiger charge is -2.36. The van der Waals surface area contributed by atoms with Crippen molar-refractivity contribution in [1.29, 1.82) is 0 Å². The highest BCUT2D eigenvalue weighted by molar-refractivity contribution is 5.94. The van der Waals surface area contributed by atoms with Crippen LogP contribution in [0.4, 0.5) is 32.2 Å². The Hall–Kier alpha value is -3.63. The van der Waals surface area contributed by atoms with E-state index in [9.17, 15) is 31.1 Å². The van der Waals surface area contributed by atoms with Crippen LogP contribution in [0.5, 0.6) is 0 Å². The Labute approximate surface area is 209 Å². The van der Waals surface area contributed by atoms with Gasteiger partial charge in [0.15, 0.2) is 5.82 Å². The molecule has 1 aromatic heterocycles. The second-order valence-corrected chi connectivity index (χ2v) is 8.72. The molecule has 0 spiro atoms. The zero-order valence-corrected chi connectivity index (χ0v) is 20.1. The van der Waals surface area contributed by atoms with Crippen molar-refractivity contribution in [2.45, 2.75) is 32.6 Å². The fourth-order valence-electron chi connectivity index (χ4n) is 4.33. The molecule has 0 saturated carbocycles. The fraction of sp³-hybridized carbons (Fsp3) is 0.346. The van der Waals surface area contributed by atoms with E-state index in [4.69, 9.17) is 0 Å². The smallest absolute Gasteiger partial charge is 0.353 e. The van der Waals surface area contributed by atoms with Gasteiger partial charge in [-0.05, 0) is 43.7 Å². The van der Waals surface area contributed by atoms with E-state index in [1.54, 1.807) is 0 Å². The van der Waals surface area contributed by atoms with Gasteiger partial charge < -0.3 is 9.80 Å². The molecular weight excluding hydrogens is 498 g/mol. The first-order chi connectivity index (χ1) is 17.4. The molecule has 4 rings (SSSR count). The van der Waals surface area contributed by atoms with Gasteiger partial charge >= 0.3 is 12.4 Å². The molecule has 0 aliphatic carbocycles. The molecule has 1 amide bonds. The minimum atomic E-state index is -4.54. The summed E-state index contributed by atoms with van der Waals surface area (Å²) in [6, 6.07) is 8.99. The summed E-state index contributed by atoms with van der Waals surface area (Å²) in [5.74, 6) is 0.447. The predicted molar refractivity (Wildman–Crippen MR) is 126 cm³/mol. The second-order valence-electron chi connectivity index (χ2n) is 8.72. The van der Waals surface area contributed by atoms with Crippen LogP contribution in [-0.2, 0) is 18.8 Å². The van der Waals surface area contributed by atoms with Crippen LogP contribution in [0.25, 0.3) is 11.4 Å². The number of anilines is 1. The average Bonchev–Trinajstić information content (AvgIpc) is 2.87. The Morgan fingerprint density at radius 3 is 2.05 bits per heavy atom. The van der Waals surface area contributed by atoms with E-state index < -0.39 is 29.4 Å². The molecule has 2 aromatic carbocycles. The first-order valence-electron chi connectivity index (χ1n) is 11.6. The Bertz CT molecular complexity index is 1280. The highest BCUT2D eigenvalue weighted by atomic mass is 19.4. The van der Waals surface area contributed by atoms with Crippen molar-refractivity contribution in [3.05, 3.63) is 76.5 Å². The van der Waals surface area contributed by atoms with Crippen molar-refractivity contribution in [3.63, 3.8) is 0 Å². The number of halogens is 6. The number of benzene rings is 2. The molecule has 1 fully saturated rings. The highest BCUT2D eigenvalue weighted by Gasteiger charge is 2.32. The summed E-state index contributed by atoms with van der Waals surface area (Å²) in [7, 11) is 0. The molecule has 37 heavy (non-hydrogen) atoms. The number of aryl methyl sites for hydroxylation is 1. The van der Waals surface area contributed by atoms with Crippen molar-refractivity contribution in [2.24, 2.45) is 0 Å². The summed E-state index contributed by atoms with van der Waals surface area (Å²) in [6.45, 7) is 5.08. The van der Waals surface area contributed by atoms with E-state index >= 15 is 0 Å². The Morgan fingerprint density at radius 1 is 0.865 bits per heavy atom. The average molecular weight is 522 g/mol. The molecule has 1 saturated heterocycles. The standard InChI is InChI=1S/C26H24F6N4O/c1-3-21-16(2)33-22(17-7-9-19(10-8-17)25(27,28)29)34-23(21)35-11-13-36(14-12-35)24(37)18-5-4-6-20(15-18)26(30,31)32/h4-10,15H,3,11-14H2,1-2H3. The quantitative estimate of drug-likeness (QED) is 0.394. The number of rotatable bonds is 4. The molecule has 0 atom stereocenters. The Balaban J connectivity index is 1.54. The normalized spacial score (nSPS) is 14.7. The maximum atomic E-state index is 13.1. The van der Waals surface area contributed by atoms with Crippen LogP contribution in [0, 0.1) is 6.92 Å². The largest absolute Gasteiger partial charge is 0.416 e. The van der Waals surface area contributed by atoms with Gasteiger partial charge in [0.1, 0.15) is 5.82 Å². The van der Waals surface area contributed by atoms with Crippen LogP contribution in [0.15, 0.2) is 48.5 Å². The molecule has 0 bridgehead atoms. The van der Waals surface area contributed by atoms with E-state index in [2.05, 4.69) is 9.97 Å². The third-order valence-electron chi connectivity index (χ3n) is 6.32. The molecule has 11 heteroatoms. The third-order valence-corrected chi connectivity index (χ3v) is 6.32. The van der Waals surface area contributed by atoms with E-state index in [1.165, 1.54) is 29.2 Å². The zero-order valence-electron chi connectivity index (χ0n) is 20.1. The summed E-state index contributed by atoms with van der Waals surface area (Å²) in [4.78, 5) is 25.5. The molecule has 3 aromatic rings. The van der Waals surface area contributed by atoms with Gasteiger partial charge in [-0.15, -0.1) is 0 Å². The summed E-state index contributed by atoms with van der Waals surface area (Å²) in [6.07, 6.45) is -8.36. The van der Waals surface area contributed by atoms with Crippen molar-refractivity contribution in [3.8, 4) is 11.4 Å². The number of aromatic nitrogens is 2. The lowest BCUT2D eigenvalue weighted by Crippen LogP contribution is -2.49. The van der Waals surface area contributed by atoms with Crippen molar-refractivity contribution in [1.82, 2.24) is 14.9 Å². The second kappa shape index (κ2) is 10.0. The summed E-state index contributed by atoms with van der Waals surface area (Å²) >= 11 is 0. The number of amides is 1. The van der Waals surface area contributed by atoms with Gasteiger partial charge in [0.25, 0.3) is 5.91 Å². The molecule has 196 valence electrons. The van der Waals surface area contributed by atoms with E-state index in [1.807, 2.05) is 18.7 Å². The molecule has 0 N–H and O–H groups in total. The predicted octanol–water partition coefficient (Wildman–Crippen LogP) is 6.01. The van der Waals surface area contributed by atoms with Crippen LogP contribution in [0.1, 0.15) is 39.7 Å². The summed E-state index contributed by atoms with van der Waals surface area (Å²) < 4.78 is 78.0. The van der Waals surface area contributed by atoms with Crippen LogP contribution < -0.4 is 4.90 Å². The van der Waals surface area contributed by atoms with Gasteiger partial charge in [0.2, 0.25) is 0 Å². The van der Waals surface area contributed by atoms with Gasteiger partial charge in [-0.1, -0.05) is 25.1 Å². The molecule has 0 unspecified atom stereocenters. The highest BCUT2D eigenvalue weighted by Crippen LogP contribution is 2.32. The van der Waals surface area contributed by atoms with Gasteiger partial charge in [0, 0.05) is 48.6 Å². The number of hydrogen-bond donors (Lipinski definition) is 0. The van der Waals surface area contributed by atoms with Crippen molar-refractivity contribution < 1.29 is 31.1 Å². The number of alkyl halides is 6. The number of carbonyl (C=O) groups is 1. The van der Waals surface area contributed by atoms with Gasteiger partial charge in [-0.2, -0.15) is 26.3 Å². The Kier molecular flexibility index (Phi) is 7.16. The molecule has 1 aliphatic heterocycles. The molecule has 5 nitrogen and oxygen atoms in total. The Morgan fingerprint density at radius 2 is 1.49 bits per heavy atom. The van der Waals surface area contributed by atoms with Crippen LogP contribution >= 0.6 is 0 Å². The monoisotopic (exact) mass is 522 g/mol. The first kappa shape index (κ1) is 26.4. The molecule has 0 radical (unpaired) electrons. The SMILES string of the molecule is CCc1c(C)nc(-c2ccc(C(F)(F)F)cc2)nc1N1CCN(C(=O)c2cccc(C(F)(F)F)c2)CC1. The maximum absolute atomic E-state index is 13.1. The molecule has 1 aliphatic rings. The summed E-state index contributed by atoms with van der Waals surface area (Å²) in [5, 5.41) is 0. The minimum Gasteiger partial charge on any atom is -0.353 e. The zero-order chi connectivity index (χ0) is 27.0. The van der Waals surface area contributed by atoms with Crippen LogP contribution in [0.3, 0.4) is 0 Å². The summed E-state index contributed by atoms with van der Waals surface area (Å²) in [5.41, 5.74) is 0.355. The van der Waals surface area contributed by atoms with Gasteiger partial charge in [-0.3, -0.25) is 4.79 Å². The fourth-order valence-corrected chi connectivity index (χ4v) is 4.33. The van der Waals surface area contributed by atoms with Gasteiger partial charge in [-0.25, -0.2) is 9.97 Å². The molecular formula is C26H24F6N4O. The van der Waals surface area contributed by atoms with Crippen LogP contribution in [-0.4, -0.2) is 47.0 Å². The topological polar surface area (TPSA) is 49.3 Å². The number of carbonyl (C=O) groups excluding carboxylic acids is 1. The first-order valence-corrected chi connectivity index (χ1v) is 11.6. The van der Waals surface area contributed by atoms with E-state index in [0.29, 0.717) is 42.4 Å². The van der Waals surface area contributed by atoms with E-state index in [-0.39, 0.29) is 18.7 Å².